The van der Waals surface area contributed by atoms with Gasteiger partial charge in [0, 0.05) is 18.4 Å². The third-order valence-corrected chi connectivity index (χ3v) is 4.25. The molecule has 0 N–H and O–H groups in total. The molecular formula is C16H17FN2O2. The van der Waals surface area contributed by atoms with Crippen molar-refractivity contribution in [1.82, 2.24) is 4.90 Å². The highest BCUT2D eigenvalue weighted by Gasteiger charge is 2.46. The van der Waals surface area contributed by atoms with E-state index in [4.69, 9.17) is 10.00 Å². The van der Waals surface area contributed by atoms with E-state index in [-0.39, 0.29) is 30.3 Å². The van der Waals surface area contributed by atoms with Crippen LogP contribution in [-0.4, -0.2) is 23.5 Å². The molecule has 2 aliphatic rings. The van der Waals surface area contributed by atoms with Crippen LogP contribution < -0.4 is 4.74 Å². The Kier molecular flexibility index (Phi) is 3.12. The lowest BCUT2D eigenvalue weighted by Gasteiger charge is -2.32. The van der Waals surface area contributed by atoms with E-state index >= 15 is 0 Å². The van der Waals surface area contributed by atoms with Crippen LogP contribution in [0.4, 0.5) is 4.39 Å². The molecule has 0 aromatic heterocycles. The molecule has 2 atom stereocenters. The quantitative estimate of drug-likeness (QED) is 0.841. The average molecular weight is 288 g/mol. The van der Waals surface area contributed by atoms with Crippen LogP contribution in [0.5, 0.6) is 5.75 Å². The van der Waals surface area contributed by atoms with Gasteiger partial charge in [0.15, 0.2) is 0 Å². The van der Waals surface area contributed by atoms with Crippen LogP contribution in [0.25, 0.3) is 0 Å². The molecule has 2 aliphatic heterocycles. The summed E-state index contributed by atoms with van der Waals surface area (Å²) in [6, 6.07) is 6.35. The van der Waals surface area contributed by atoms with Gasteiger partial charge in [-0.05, 0) is 18.2 Å². The first-order chi connectivity index (χ1) is 9.92. The largest absolute Gasteiger partial charge is 0.488 e. The zero-order valence-electron chi connectivity index (χ0n) is 12.1. The highest BCUT2D eigenvalue weighted by Crippen LogP contribution is 2.45. The first-order valence-corrected chi connectivity index (χ1v) is 7.06. The van der Waals surface area contributed by atoms with Crippen molar-refractivity contribution in [2.75, 3.05) is 6.54 Å². The Bertz CT molecular complexity index is 636. The Morgan fingerprint density at radius 1 is 1.57 bits per heavy atom. The van der Waals surface area contributed by atoms with E-state index in [1.807, 2.05) is 0 Å². The van der Waals surface area contributed by atoms with Crippen LogP contribution in [0.15, 0.2) is 18.2 Å². The number of likely N-dealkylation sites (tertiary alicyclic amines) is 1. The van der Waals surface area contributed by atoms with E-state index in [0.29, 0.717) is 18.7 Å². The molecule has 2 bridgehead atoms. The van der Waals surface area contributed by atoms with Crippen LogP contribution in [0.1, 0.15) is 38.3 Å². The zero-order valence-corrected chi connectivity index (χ0v) is 12.1. The standard InChI is InChI=1S/C16H17FN2O2/c1-16(2,5-6-18)15(20)19-9-11-8-13(19)12-7-10(17)3-4-14(12)21-11/h3-4,7,11,13H,5,8-9H2,1-2H3/t11-,13-/m0/s1. The summed E-state index contributed by atoms with van der Waals surface area (Å²) < 4.78 is 19.3. The van der Waals surface area contributed by atoms with Gasteiger partial charge in [-0.2, -0.15) is 5.26 Å². The summed E-state index contributed by atoms with van der Waals surface area (Å²) in [7, 11) is 0. The van der Waals surface area contributed by atoms with Gasteiger partial charge in [-0.1, -0.05) is 13.8 Å². The van der Waals surface area contributed by atoms with Crippen LogP contribution in [0.2, 0.25) is 0 Å². The van der Waals surface area contributed by atoms with Gasteiger partial charge in [-0.25, -0.2) is 4.39 Å². The molecule has 0 spiro atoms. The summed E-state index contributed by atoms with van der Waals surface area (Å²) in [6.07, 6.45) is 0.802. The van der Waals surface area contributed by atoms with E-state index in [1.165, 1.54) is 12.1 Å². The minimum absolute atomic E-state index is 0.0465. The first kappa shape index (κ1) is 13.9. The second kappa shape index (κ2) is 4.73. The van der Waals surface area contributed by atoms with Crippen molar-refractivity contribution in [2.24, 2.45) is 5.41 Å². The molecule has 1 aromatic carbocycles. The van der Waals surface area contributed by atoms with E-state index < -0.39 is 5.41 Å². The lowest BCUT2D eigenvalue weighted by molar-refractivity contribution is -0.141. The van der Waals surface area contributed by atoms with E-state index in [2.05, 4.69) is 6.07 Å². The number of rotatable bonds is 2. The SMILES string of the molecule is CC(C)(CC#N)C(=O)N1C[C@@H]2C[C@H]1c1cc(F)ccc1O2. The number of ether oxygens (including phenoxy) is 1. The van der Waals surface area contributed by atoms with Gasteiger partial charge in [-0.15, -0.1) is 0 Å². The summed E-state index contributed by atoms with van der Waals surface area (Å²) in [5.41, 5.74) is -0.00967. The fourth-order valence-corrected chi connectivity index (χ4v) is 3.13. The number of nitrogens with zero attached hydrogens (tertiary/aromatic N) is 2. The van der Waals surface area contributed by atoms with Gasteiger partial charge < -0.3 is 9.64 Å². The molecule has 5 heteroatoms. The number of carbonyl (C=O) groups is 1. The second-order valence-corrected chi connectivity index (χ2v) is 6.35. The predicted molar refractivity (Wildman–Crippen MR) is 73.9 cm³/mol. The zero-order chi connectivity index (χ0) is 15.2. The smallest absolute Gasteiger partial charge is 0.229 e. The highest BCUT2D eigenvalue weighted by atomic mass is 19.1. The summed E-state index contributed by atoms with van der Waals surface area (Å²) in [6.45, 7) is 4.04. The van der Waals surface area contributed by atoms with Crippen molar-refractivity contribution in [2.45, 2.75) is 38.8 Å². The molecule has 2 heterocycles. The van der Waals surface area contributed by atoms with Crippen LogP contribution >= 0.6 is 0 Å². The Morgan fingerprint density at radius 2 is 2.33 bits per heavy atom. The van der Waals surface area contributed by atoms with Crippen molar-refractivity contribution in [1.29, 1.82) is 5.26 Å². The first-order valence-electron chi connectivity index (χ1n) is 7.06. The number of hydrogen-bond donors (Lipinski definition) is 0. The average Bonchev–Trinajstić information content (AvgIpc) is 2.77. The van der Waals surface area contributed by atoms with Gasteiger partial charge in [0.05, 0.1) is 24.1 Å². The number of halogens is 1. The molecule has 1 aromatic rings. The lowest BCUT2D eigenvalue weighted by atomic mass is 9.87. The third-order valence-electron chi connectivity index (χ3n) is 4.25. The second-order valence-electron chi connectivity index (χ2n) is 6.35. The summed E-state index contributed by atoms with van der Waals surface area (Å²) in [5, 5.41) is 8.88. The molecule has 1 fully saturated rings. The molecule has 1 amide bonds. The molecule has 0 aliphatic carbocycles. The normalized spacial score (nSPS) is 23.2. The molecule has 4 nitrogen and oxygen atoms in total. The van der Waals surface area contributed by atoms with Gasteiger partial charge in [-0.3, -0.25) is 4.79 Å². The number of benzene rings is 1. The fourth-order valence-electron chi connectivity index (χ4n) is 3.13. The van der Waals surface area contributed by atoms with Gasteiger partial charge in [0.2, 0.25) is 5.91 Å². The topological polar surface area (TPSA) is 53.3 Å². The number of fused-ring (bicyclic) bond motifs is 4. The lowest BCUT2D eigenvalue weighted by Crippen LogP contribution is -2.40. The molecule has 0 radical (unpaired) electrons. The molecule has 21 heavy (non-hydrogen) atoms. The Balaban J connectivity index is 1.94. The summed E-state index contributed by atoms with van der Waals surface area (Å²) in [5.74, 6) is 0.259. The number of carbonyl (C=O) groups excluding carboxylic acids is 1. The van der Waals surface area contributed by atoms with E-state index in [0.717, 1.165) is 5.56 Å². The van der Waals surface area contributed by atoms with Crippen molar-refractivity contribution in [3.63, 3.8) is 0 Å². The summed E-state index contributed by atoms with van der Waals surface area (Å²) in [4.78, 5) is 14.5. The molecule has 110 valence electrons. The van der Waals surface area contributed by atoms with Gasteiger partial charge in [0.1, 0.15) is 17.7 Å². The number of nitriles is 1. The summed E-state index contributed by atoms with van der Waals surface area (Å²) >= 11 is 0. The minimum Gasteiger partial charge on any atom is -0.488 e. The van der Waals surface area contributed by atoms with Crippen molar-refractivity contribution in [3.05, 3.63) is 29.6 Å². The Labute approximate surface area is 123 Å². The molecule has 1 saturated heterocycles. The van der Waals surface area contributed by atoms with Crippen LogP contribution in [-0.2, 0) is 4.79 Å². The Hall–Kier alpha value is -2.09. The molecule has 3 rings (SSSR count). The Morgan fingerprint density at radius 3 is 3.05 bits per heavy atom. The van der Waals surface area contributed by atoms with Gasteiger partial charge >= 0.3 is 0 Å². The molecular weight excluding hydrogens is 271 g/mol. The van der Waals surface area contributed by atoms with Crippen molar-refractivity contribution in [3.8, 4) is 11.8 Å². The maximum atomic E-state index is 13.5. The van der Waals surface area contributed by atoms with Gasteiger partial charge in [0.25, 0.3) is 0 Å². The fraction of sp³-hybridized carbons (Fsp3) is 0.500. The predicted octanol–water partition coefficient (Wildman–Crippen LogP) is 2.80. The molecule has 0 unspecified atom stereocenters. The number of amides is 1. The van der Waals surface area contributed by atoms with E-state index in [1.54, 1.807) is 24.8 Å². The minimum atomic E-state index is -0.736. The van der Waals surface area contributed by atoms with E-state index in [9.17, 15) is 9.18 Å². The van der Waals surface area contributed by atoms with Crippen molar-refractivity contribution >= 4 is 5.91 Å². The third kappa shape index (κ3) is 2.25. The molecule has 0 saturated carbocycles. The van der Waals surface area contributed by atoms with Crippen LogP contribution in [0.3, 0.4) is 0 Å². The maximum absolute atomic E-state index is 13.5. The highest BCUT2D eigenvalue weighted by molar-refractivity contribution is 5.83. The monoisotopic (exact) mass is 288 g/mol. The van der Waals surface area contributed by atoms with Crippen molar-refractivity contribution < 1.29 is 13.9 Å². The van der Waals surface area contributed by atoms with Crippen LogP contribution in [0, 0.1) is 22.6 Å². The number of hydrogen-bond acceptors (Lipinski definition) is 3. The maximum Gasteiger partial charge on any atom is 0.229 e.